The van der Waals surface area contributed by atoms with Crippen LogP contribution in [-0.2, 0) is 9.53 Å². The van der Waals surface area contributed by atoms with E-state index >= 15 is 0 Å². The molecule has 4 heteroatoms. The quantitative estimate of drug-likeness (QED) is 0.698. The molecular formula is C14H27NO3. The van der Waals surface area contributed by atoms with Crippen LogP contribution in [0, 0.1) is 5.92 Å². The van der Waals surface area contributed by atoms with Gasteiger partial charge in [-0.05, 0) is 19.3 Å². The van der Waals surface area contributed by atoms with Gasteiger partial charge in [0.2, 0.25) is 5.91 Å². The molecule has 4 nitrogen and oxygen atoms in total. The summed E-state index contributed by atoms with van der Waals surface area (Å²) >= 11 is 0. The number of methoxy groups -OCH3 is 1. The molecule has 0 radical (unpaired) electrons. The van der Waals surface area contributed by atoms with Crippen molar-refractivity contribution in [3.05, 3.63) is 0 Å². The van der Waals surface area contributed by atoms with E-state index in [0.29, 0.717) is 26.0 Å². The van der Waals surface area contributed by atoms with Crippen molar-refractivity contribution < 1.29 is 14.6 Å². The van der Waals surface area contributed by atoms with Crippen LogP contribution in [0.25, 0.3) is 0 Å². The average molecular weight is 257 g/mol. The fraction of sp³-hybridized carbons (Fsp3) is 0.929. The Bertz CT molecular complexity index is 247. The number of carbonyl (C=O) groups is 1. The zero-order valence-corrected chi connectivity index (χ0v) is 11.7. The molecule has 1 fully saturated rings. The van der Waals surface area contributed by atoms with Crippen molar-refractivity contribution in [1.29, 1.82) is 0 Å². The lowest BCUT2D eigenvalue weighted by atomic mass is 10.0. The summed E-state index contributed by atoms with van der Waals surface area (Å²) in [6, 6.07) is 0. The molecule has 0 heterocycles. The standard InChI is InChI=1S/C14H27NO3/c1-14(17,9-10-18-2)11-15-13(16)8-7-12-5-3-4-6-12/h12,17H,3-11H2,1-2H3,(H,15,16). The second-order valence-corrected chi connectivity index (χ2v) is 5.71. The van der Waals surface area contributed by atoms with Gasteiger partial charge in [-0.25, -0.2) is 0 Å². The van der Waals surface area contributed by atoms with Crippen molar-refractivity contribution in [2.75, 3.05) is 20.3 Å². The summed E-state index contributed by atoms with van der Waals surface area (Å²) in [5.74, 6) is 0.796. The Kier molecular flexibility index (Phi) is 6.65. The van der Waals surface area contributed by atoms with E-state index in [1.54, 1.807) is 14.0 Å². The maximum absolute atomic E-state index is 11.7. The molecule has 1 aliphatic carbocycles. The number of aliphatic hydroxyl groups is 1. The van der Waals surface area contributed by atoms with Crippen LogP contribution in [-0.4, -0.2) is 36.9 Å². The average Bonchev–Trinajstić information content (AvgIpc) is 2.84. The first-order valence-electron chi connectivity index (χ1n) is 7.01. The molecule has 1 amide bonds. The summed E-state index contributed by atoms with van der Waals surface area (Å²) in [6.07, 6.45) is 7.30. The number of hydrogen-bond acceptors (Lipinski definition) is 3. The molecule has 0 aromatic rings. The van der Waals surface area contributed by atoms with Gasteiger partial charge in [0, 0.05) is 33.1 Å². The summed E-state index contributed by atoms with van der Waals surface area (Å²) in [6.45, 7) is 2.54. The minimum Gasteiger partial charge on any atom is -0.388 e. The van der Waals surface area contributed by atoms with Gasteiger partial charge in [0.1, 0.15) is 0 Å². The minimum absolute atomic E-state index is 0.0552. The molecule has 18 heavy (non-hydrogen) atoms. The highest BCUT2D eigenvalue weighted by molar-refractivity contribution is 5.75. The van der Waals surface area contributed by atoms with Gasteiger partial charge >= 0.3 is 0 Å². The summed E-state index contributed by atoms with van der Waals surface area (Å²) in [4.78, 5) is 11.7. The van der Waals surface area contributed by atoms with Crippen LogP contribution in [0.2, 0.25) is 0 Å². The Morgan fingerprint density at radius 2 is 2.11 bits per heavy atom. The Balaban J connectivity index is 2.11. The Morgan fingerprint density at radius 3 is 2.72 bits per heavy atom. The lowest BCUT2D eigenvalue weighted by Crippen LogP contribution is -2.41. The first-order valence-corrected chi connectivity index (χ1v) is 7.01. The number of ether oxygens (including phenoxy) is 1. The first kappa shape index (κ1) is 15.4. The van der Waals surface area contributed by atoms with Crippen molar-refractivity contribution in [2.24, 2.45) is 5.92 Å². The van der Waals surface area contributed by atoms with Gasteiger partial charge in [-0.3, -0.25) is 4.79 Å². The van der Waals surface area contributed by atoms with Crippen LogP contribution in [0.4, 0.5) is 0 Å². The Morgan fingerprint density at radius 1 is 1.44 bits per heavy atom. The van der Waals surface area contributed by atoms with Crippen molar-refractivity contribution in [1.82, 2.24) is 5.32 Å². The van der Waals surface area contributed by atoms with Crippen molar-refractivity contribution in [3.63, 3.8) is 0 Å². The molecule has 106 valence electrons. The third kappa shape index (κ3) is 6.36. The number of rotatable bonds is 8. The van der Waals surface area contributed by atoms with Gasteiger partial charge < -0.3 is 15.2 Å². The largest absolute Gasteiger partial charge is 0.388 e. The highest BCUT2D eigenvalue weighted by Gasteiger charge is 2.21. The number of carbonyl (C=O) groups excluding carboxylic acids is 1. The molecule has 2 N–H and O–H groups in total. The predicted molar refractivity (Wildman–Crippen MR) is 71.3 cm³/mol. The zero-order chi connectivity index (χ0) is 13.4. The fourth-order valence-electron chi connectivity index (χ4n) is 2.42. The molecule has 1 saturated carbocycles. The van der Waals surface area contributed by atoms with Gasteiger partial charge in [-0.1, -0.05) is 25.7 Å². The van der Waals surface area contributed by atoms with Crippen LogP contribution in [0.3, 0.4) is 0 Å². The van der Waals surface area contributed by atoms with Gasteiger partial charge in [0.25, 0.3) is 0 Å². The van der Waals surface area contributed by atoms with E-state index in [1.807, 2.05) is 0 Å². The summed E-state index contributed by atoms with van der Waals surface area (Å²) in [5, 5.41) is 12.8. The van der Waals surface area contributed by atoms with Gasteiger partial charge in [-0.2, -0.15) is 0 Å². The number of amides is 1. The molecule has 1 aliphatic rings. The van der Waals surface area contributed by atoms with Gasteiger partial charge in [0.05, 0.1) is 5.60 Å². The first-order chi connectivity index (χ1) is 8.53. The summed E-state index contributed by atoms with van der Waals surface area (Å²) < 4.78 is 4.93. The summed E-state index contributed by atoms with van der Waals surface area (Å²) in [5.41, 5.74) is -0.876. The molecule has 0 aromatic heterocycles. The predicted octanol–water partition coefficient (Wildman–Crippen LogP) is 1.86. The normalized spacial score (nSPS) is 19.7. The third-order valence-electron chi connectivity index (χ3n) is 3.77. The molecule has 0 aliphatic heterocycles. The molecule has 1 rings (SSSR count). The van der Waals surface area contributed by atoms with Crippen LogP contribution in [0.5, 0.6) is 0 Å². The van der Waals surface area contributed by atoms with E-state index in [2.05, 4.69) is 5.32 Å². The zero-order valence-electron chi connectivity index (χ0n) is 11.7. The SMILES string of the molecule is COCCC(C)(O)CNC(=O)CCC1CCCC1. The fourth-order valence-corrected chi connectivity index (χ4v) is 2.42. The second kappa shape index (κ2) is 7.74. The maximum atomic E-state index is 11.7. The number of nitrogens with one attached hydrogen (secondary N) is 1. The van der Waals surface area contributed by atoms with E-state index in [9.17, 15) is 9.90 Å². The second-order valence-electron chi connectivity index (χ2n) is 5.71. The van der Waals surface area contributed by atoms with E-state index < -0.39 is 5.60 Å². The lowest BCUT2D eigenvalue weighted by molar-refractivity contribution is -0.122. The molecule has 0 spiro atoms. The molecular weight excluding hydrogens is 230 g/mol. The Hall–Kier alpha value is -0.610. The molecule has 1 unspecified atom stereocenters. The van der Waals surface area contributed by atoms with Crippen molar-refractivity contribution >= 4 is 5.91 Å². The summed E-state index contributed by atoms with van der Waals surface area (Å²) in [7, 11) is 1.61. The van der Waals surface area contributed by atoms with Crippen LogP contribution >= 0.6 is 0 Å². The third-order valence-corrected chi connectivity index (χ3v) is 3.77. The van der Waals surface area contributed by atoms with E-state index in [4.69, 9.17) is 4.74 Å². The monoisotopic (exact) mass is 257 g/mol. The number of hydrogen-bond donors (Lipinski definition) is 2. The maximum Gasteiger partial charge on any atom is 0.220 e. The molecule has 0 bridgehead atoms. The van der Waals surface area contributed by atoms with E-state index in [1.165, 1.54) is 25.7 Å². The van der Waals surface area contributed by atoms with Crippen LogP contribution in [0.1, 0.15) is 51.9 Å². The van der Waals surface area contributed by atoms with Crippen LogP contribution < -0.4 is 5.32 Å². The minimum atomic E-state index is -0.876. The van der Waals surface area contributed by atoms with Gasteiger partial charge in [-0.15, -0.1) is 0 Å². The molecule has 0 saturated heterocycles. The molecule has 1 atom stereocenters. The van der Waals surface area contributed by atoms with E-state index in [-0.39, 0.29) is 5.91 Å². The van der Waals surface area contributed by atoms with Gasteiger partial charge in [0.15, 0.2) is 0 Å². The van der Waals surface area contributed by atoms with Crippen LogP contribution in [0.15, 0.2) is 0 Å². The molecule has 0 aromatic carbocycles. The Labute approximate surface area is 110 Å². The lowest BCUT2D eigenvalue weighted by Gasteiger charge is -2.23. The van der Waals surface area contributed by atoms with Crippen molar-refractivity contribution in [2.45, 2.75) is 57.5 Å². The topological polar surface area (TPSA) is 58.6 Å². The highest BCUT2D eigenvalue weighted by atomic mass is 16.5. The highest BCUT2D eigenvalue weighted by Crippen LogP contribution is 2.28. The van der Waals surface area contributed by atoms with Crippen molar-refractivity contribution in [3.8, 4) is 0 Å². The smallest absolute Gasteiger partial charge is 0.220 e. The van der Waals surface area contributed by atoms with E-state index in [0.717, 1.165) is 12.3 Å².